The number of thiophene rings is 1. The average molecular weight is 460 g/mol. The number of nitrogens with one attached hydrogen (secondary N) is 2. The molecule has 0 bridgehead atoms. The molecule has 0 spiro atoms. The van der Waals surface area contributed by atoms with Crippen molar-refractivity contribution < 1.29 is 4.79 Å². The zero-order valence-electron chi connectivity index (χ0n) is 15.9. The molecule has 0 saturated heterocycles. The zero-order chi connectivity index (χ0) is 21.4. The predicted octanol–water partition coefficient (Wildman–Crippen LogP) is 4.86. The number of hydrogen-bond acceptors (Lipinski definition) is 5. The van der Waals surface area contributed by atoms with Gasteiger partial charge in [0.15, 0.2) is 0 Å². The van der Waals surface area contributed by atoms with Crippen molar-refractivity contribution in [3.05, 3.63) is 79.0 Å². The first-order valence-electron chi connectivity index (χ1n) is 8.81. The monoisotopic (exact) mass is 459 g/mol. The van der Waals surface area contributed by atoms with Gasteiger partial charge in [0.05, 0.1) is 4.88 Å². The highest BCUT2D eigenvalue weighted by molar-refractivity contribution is 7.13. The molecule has 7 nitrogen and oxygen atoms in total. The number of anilines is 1. The van der Waals surface area contributed by atoms with Crippen LogP contribution in [0, 0.1) is 13.8 Å². The molecule has 1 amide bonds. The van der Waals surface area contributed by atoms with Gasteiger partial charge in [0, 0.05) is 32.9 Å². The summed E-state index contributed by atoms with van der Waals surface area (Å²) in [5.74, 6) is 0.112. The number of carbonyl (C=O) groups excluding carboxylic acids is 1. The fraction of sp³-hybridized carbons (Fsp3) is 0.100. The van der Waals surface area contributed by atoms with Crippen molar-refractivity contribution in [3.63, 3.8) is 0 Å². The maximum atomic E-state index is 12.8. The van der Waals surface area contributed by atoms with Crippen molar-refractivity contribution in [2.24, 2.45) is 0 Å². The highest BCUT2D eigenvalue weighted by Crippen LogP contribution is 2.28. The number of H-pyrrole nitrogens is 1. The van der Waals surface area contributed by atoms with Gasteiger partial charge in [-0.05, 0) is 43.5 Å². The summed E-state index contributed by atoms with van der Waals surface area (Å²) in [7, 11) is 0. The van der Waals surface area contributed by atoms with Gasteiger partial charge in [0.1, 0.15) is 11.5 Å². The first kappa shape index (κ1) is 20.3. The fourth-order valence-electron chi connectivity index (χ4n) is 2.78. The predicted molar refractivity (Wildman–Crippen MR) is 119 cm³/mol. The van der Waals surface area contributed by atoms with Crippen molar-refractivity contribution in [1.29, 1.82) is 0 Å². The Bertz CT molecular complexity index is 1290. The Hall–Kier alpha value is -2.94. The van der Waals surface area contributed by atoms with E-state index in [9.17, 15) is 9.59 Å². The molecule has 2 N–H and O–H groups in total. The quantitative estimate of drug-likeness (QED) is 0.455. The van der Waals surface area contributed by atoms with E-state index in [1.807, 2.05) is 17.5 Å². The van der Waals surface area contributed by atoms with Crippen molar-refractivity contribution in [2.75, 3.05) is 5.32 Å². The lowest BCUT2D eigenvalue weighted by molar-refractivity contribution is 0.102. The Morgan fingerprint density at radius 1 is 1.17 bits per heavy atom. The largest absolute Gasteiger partial charge is 0.306 e. The number of nitrogens with zero attached hydrogens (tertiary/aromatic N) is 3. The van der Waals surface area contributed by atoms with Crippen LogP contribution in [0.1, 0.15) is 21.6 Å². The topological polar surface area (TPSA) is 92.7 Å². The molecule has 30 heavy (non-hydrogen) atoms. The molecule has 0 saturated carbocycles. The molecule has 10 heteroatoms. The maximum absolute atomic E-state index is 12.8. The van der Waals surface area contributed by atoms with Crippen LogP contribution in [0.15, 0.2) is 46.6 Å². The van der Waals surface area contributed by atoms with Gasteiger partial charge in [-0.1, -0.05) is 29.3 Å². The SMILES string of the molecule is Cc1nc(-n2nc(-c3cccs3)cc2NC(=O)c2cc(Cl)cc(Cl)c2)[nH]c(=O)c1C. The van der Waals surface area contributed by atoms with Crippen LogP contribution >= 0.6 is 34.5 Å². The summed E-state index contributed by atoms with van der Waals surface area (Å²) in [5, 5.41) is 9.97. The zero-order valence-corrected chi connectivity index (χ0v) is 18.2. The van der Waals surface area contributed by atoms with E-state index in [2.05, 4.69) is 20.4 Å². The summed E-state index contributed by atoms with van der Waals surface area (Å²) >= 11 is 13.5. The lowest BCUT2D eigenvalue weighted by Crippen LogP contribution is -2.20. The number of aromatic nitrogens is 4. The molecule has 0 atom stereocenters. The molecule has 3 aromatic heterocycles. The highest BCUT2D eigenvalue weighted by Gasteiger charge is 2.18. The van der Waals surface area contributed by atoms with Crippen molar-refractivity contribution in [1.82, 2.24) is 19.7 Å². The third-order valence-corrected chi connectivity index (χ3v) is 5.76. The lowest BCUT2D eigenvalue weighted by atomic mass is 10.2. The number of rotatable bonds is 4. The van der Waals surface area contributed by atoms with Gasteiger partial charge >= 0.3 is 0 Å². The van der Waals surface area contributed by atoms with Crippen molar-refractivity contribution >= 4 is 46.3 Å². The molecule has 0 aliphatic heterocycles. The van der Waals surface area contributed by atoms with E-state index in [1.165, 1.54) is 28.2 Å². The Kier molecular flexibility index (Phi) is 5.46. The Morgan fingerprint density at radius 3 is 2.53 bits per heavy atom. The van der Waals surface area contributed by atoms with E-state index in [4.69, 9.17) is 23.2 Å². The number of halogens is 2. The molecular formula is C20H15Cl2N5O2S. The van der Waals surface area contributed by atoms with Crippen LogP contribution in [-0.4, -0.2) is 25.7 Å². The standard InChI is InChI=1S/C20H15Cl2N5O2S/c1-10-11(2)23-20(25-18(10)28)27-17(9-15(26-27)16-4-3-5-30-16)24-19(29)12-6-13(21)8-14(22)7-12/h3-9H,1-2H3,(H,24,29)(H,23,25,28). The van der Waals surface area contributed by atoms with Crippen molar-refractivity contribution in [2.45, 2.75) is 13.8 Å². The molecule has 0 aliphatic carbocycles. The minimum absolute atomic E-state index is 0.199. The third kappa shape index (κ3) is 4.02. The molecule has 1 aromatic carbocycles. The van der Waals surface area contributed by atoms with Gasteiger partial charge in [-0.15, -0.1) is 11.3 Å². The summed E-state index contributed by atoms with van der Waals surface area (Å²) in [5.41, 5.74) is 1.73. The number of benzene rings is 1. The Morgan fingerprint density at radius 2 is 1.90 bits per heavy atom. The molecular weight excluding hydrogens is 445 g/mol. The third-order valence-electron chi connectivity index (χ3n) is 4.43. The smallest absolute Gasteiger partial charge is 0.256 e. The summed E-state index contributed by atoms with van der Waals surface area (Å²) < 4.78 is 1.40. The van der Waals surface area contributed by atoms with Crippen LogP contribution in [0.2, 0.25) is 10.0 Å². The van der Waals surface area contributed by atoms with E-state index >= 15 is 0 Å². The minimum atomic E-state index is -0.426. The minimum Gasteiger partial charge on any atom is -0.306 e. The van der Waals surface area contributed by atoms with Crippen LogP contribution in [0.4, 0.5) is 5.82 Å². The maximum Gasteiger partial charge on any atom is 0.256 e. The molecule has 0 radical (unpaired) electrons. The number of carbonyl (C=O) groups is 1. The first-order chi connectivity index (χ1) is 14.3. The van der Waals surface area contributed by atoms with Gasteiger partial charge in [-0.2, -0.15) is 9.78 Å². The van der Waals surface area contributed by atoms with E-state index in [0.717, 1.165) is 4.88 Å². The second-order valence-corrected chi connectivity index (χ2v) is 8.34. The summed E-state index contributed by atoms with van der Waals surface area (Å²) in [6.45, 7) is 3.43. The van der Waals surface area contributed by atoms with E-state index < -0.39 is 5.91 Å². The van der Waals surface area contributed by atoms with Crippen LogP contribution in [0.25, 0.3) is 16.5 Å². The van der Waals surface area contributed by atoms with Crippen LogP contribution in [0.3, 0.4) is 0 Å². The summed E-state index contributed by atoms with van der Waals surface area (Å²) in [6.07, 6.45) is 0. The molecule has 152 valence electrons. The number of aryl methyl sites for hydroxylation is 1. The van der Waals surface area contributed by atoms with Crippen LogP contribution < -0.4 is 10.9 Å². The number of amides is 1. The van der Waals surface area contributed by atoms with Crippen molar-refractivity contribution in [3.8, 4) is 16.5 Å². The number of hydrogen-bond donors (Lipinski definition) is 2. The average Bonchev–Trinajstić information content (AvgIpc) is 3.34. The molecule has 0 fully saturated rings. The van der Waals surface area contributed by atoms with Gasteiger partial charge in [0.25, 0.3) is 11.5 Å². The summed E-state index contributed by atoms with van der Waals surface area (Å²) in [4.78, 5) is 33.1. The van der Waals surface area contributed by atoms with Gasteiger partial charge in [-0.25, -0.2) is 4.98 Å². The Balaban J connectivity index is 1.80. The Labute approximate surface area is 185 Å². The molecule has 0 unspecified atom stereocenters. The normalized spacial score (nSPS) is 10.9. The molecule has 0 aliphatic rings. The van der Waals surface area contributed by atoms with Crippen LogP contribution in [0.5, 0.6) is 0 Å². The van der Waals surface area contributed by atoms with Gasteiger partial charge in [-0.3, -0.25) is 14.6 Å². The second-order valence-electron chi connectivity index (χ2n) is 6.52. The lowest BCUT2D eigenvalue weighted by Gasteiger charge is -2.09. The second kappa shape index (κ2) is 8.06. The van der Waals surface area contributed by atoms with Crippen LogP contribution in [-0.2, 0) is 0 Å². The van der Waals surface area contributed by atoms with E-state index in [-0.39, 0.29) is 11.5 Å². The molecule has 3 heterocycles. The van der Waals surface area contributed by atoms with Gasteiger partial charge < -0.3 is 5.32 Å². The fourth-order valence-corrected chi connectivity index (χ4v) is 3.99. The molecule has 4 aromatic rings. The summed E-state index contributed by atoms with van der Waals surface area (Å²) in [6, 6.07) is 10.1. The highest BCUT2D eigenvalue weighted by atomic mass is 35.5. The first-order valence-corrected chi connectivity index (χ1v) is 10.4. The molecule has 4 rings (SSSR count). The van der Waals surface area contributed by atoms with E-state index in [0.29, 0.717) is 38.4 Å². The number of aromatic amines is 1. The van der Waals surface area contributed by atoms with E-state index in [1.54, 1.807) is 26.0 Å². The van der Waals surface area contributed by atoms with Gasteiger partial charge in [0.2, 0.25) is 5.95 Å².